The lowest BCUT2D eigenvalue weighted by Gasteiger charge is -2.08. The number of amides is 2. The first-order valence-electron chi connectivity index (χ1n) is 8.29. The Morgan fingerprint density at radius 2 is 1.75 bits per heavy atom. The maximum Gasteiger partial charge on any atom is 0.234 e. The van der Waals surface area contributed by atoms with Crippen LogP contribution in [0.15, 0.2) is 54.9 Å². The highest BCUT2D eigenvalue weighted by molar-refractivity contribution is 8.00. The number of ether oxygens (including phenoxy) is 1. The zero-order chi connectivity index (χ0) is 19.8. The quantitative estimate of drug-likeness (QED) is 0.597. The number of rotatable bonds is 8. The number of tetrazole rings is 1. The highest BCUT2D eigenvalue weighted by atomic mass is 32.2. The van der Waals surface area contributed by atoms with E-state index in [0.29, 0.717) is 17.1 Å². The second-order valence-corrected chi connectivity index (χ2v) is 6.61. The van der Waals surface area contributed by atoms with Crippen molar-refractivity contribution in [2.45, 2.75) is 0 Å². The minimum Gasteiger partial charge on any atom is -0.497 e. The molecule has 0 aliphatic rings. The standard InChI is InChI=1S/C18H18N6O3S/c1-27-16-7-5-13(6-8-16)20-17(25)10-28-11-18(26)21-14-3-2-4-15(9-14)24-12-19-22-23-24/h2-9,12H,10-11H2,1H3,(H,20,25)(H,21,26). The zero-order valence-corrected chi connectivity index (χ0v) is 15.8. The third-order valence-electron chi connectivity index (χ3n) is 3.58. The van der Waals surface area contributed by atoms with E-state index in [4.69, 9.17) is 4.74 Å². The van der Waals surface area contributed by atoms with Gasteiger partial charge in [0.1, 0.15) is 12.1 Å². The van der Waals surface area contributed by atoms with E-state index in [2.05, 4.69) is 26.2 Å². The van der Waals surface area contributed by atoms with Gasteiger partial charge in [0.05, 0.1) is 24.3 Å². The van der Waals surface area contributed by atoms with E-state index >= 15 is 0 Å². The summed E-state index contributed by atoms with van der Waals surface area (Å²) in [5.74, 6) is 0.669. The first-order valence-corrected chi connectivity index (χ1v) is 9.44. The smallest absolute Gasteiger partial charge is 0.234 e. The van der Waals surface area contributed by atoms with E-state index in [9.17, 15) is 9.59 Å². The number of carbonyl (C=O) groups excluding carboxylic acids is 2. The summed E-state index contributed by atoms with van der Waals surface area (Å²) >= 11 is 1.23. The average molecular weight is 398 g/mol. The van der Waals surface area contributed by atoms with Gasteiger partial charge in [0.2, 0.25) is 11.8 Å². The second kappa shape index (κ2) is 9.51. The molecule has 1 aromatic heterocycles. The van der Waals surface area contributed by atoms with Gasteiger partial charge in [-0.2, -0.15) is 0 Å². The molecule has 0 saturated heterocycles. The number of benzene rings is 2. The van der Waals surface area contributed by atoms with Gasteiger partial charge < -0.3 is 15.4 Å². The molecule has 3 aromatic rings. The van der Waals surface area contributed by atoms with Crippen molar-refractivity contribution in [3.63, 3.8) is 0 Å². The molecule has 0 radical (unpaired) electrons. The predicted octanol–water partition coefficient (Wildman–Crippen LogP) is 1.98. The largest absolute Gasteiger partial charge is 0.497 e. The molecule has 0 aliphatic heterocycles. The number of hydrogen-bond acceptors (Lipinski definition) is 7. The molecule has 10 heteroatoms. The van der Waals surface area contributed by atoms with Gasteiger partial charge in [0, 0.05) is 11.4 Å². The molecule has 0 atom stereocenters. The van der Waals surface area contributed by atoms with Gasteiger partial charge in [-0.1, -0.05) is 6.07 Å². The van der Waals surface area contributed by atoms with Crippen molar-refractivity contribution in [1.82, 2.24) is 20.2 Å². The van der Waals surface area contributed by atoms with Gasteiger partial charge >= 0.3 is 0 Å². The molecule has 9 nitrogen and oxygen atoms in total. The highest BCUT2D eigenvalue weighted by Gasteiger charge is 2.08. The number of anilines is 2. The molecule has 1 heterocycles. The minimum absolute atomic E-state index is 0.158. The molecule has 0 saturated carbocycles. The van der Waals surface area contributed by atoms with E-state index in [-0.39, 0.29) is 23.3 Å². The normalized spacial score (nSPS) is 10.3. The van der Waals surface area contributed by atoms with Crippen molar-refractivity contribution >= 4 is 35.0 Å². The fourth-order valence-corrected chi connectivity index (χ4v) is 2.93. The number of carbonyl (C=O) groups is 2. The Bertz CT molecular complexity index is 931. The predicted molar refractivity (Wildman–Crippen MR) is 107 cm³/mol. The van der Waals surface area contributed by atoms with Crippen LogP contribution in [0.25, 0.3) is 5.69 Å². The van der Waals surface area contributed by atoms with Crippen molar-refractivity contribution in [2.75, 3.05) is 29.2 Å². The molecule has 0 unspecified atom stereocenters. The summed E-state index contributed by atoms with van der Waals surface area (Å²) in [6.07, 6.45) is 1.47. The summed E-state index contributed by atoms with van der Waals surface area (Å²) in [6.45, 7) is 0. The number of nitrogens with zero attached hydrogens (tertiary/aromatic N) is 4. The van der Waals surface area contributed by atoms with Gasteiger partial charge in [-0.25, -0.2) is 4.68 Å². The van der Waals surface area contributed by atoms with Crippen LogP contribution < -0.4 is 15.4 Å². The van der Waals surface area contributed by atoms with E-state index in [1.165, 1.54) is 22.8 Å². The summed E-state index contributed by atoms with van der Waals surface area (Å²) in [5.41, 5.74) is 2.03. The van der Waals surface area contributed by atoms with Crippen LogP contribution in [0, 0.1) is 0 Å². The summed E-state index contributed by atoms with van der Waals surface area (Å²) < 4.78 is 6.56. The first-order chi connectivity index (χ1) is 13.6. The van der Waals surface area contributed by atoms with E-state index in [0.717, 1.165) is 5.69 Å². The third-order valence-corrected chi connectivity index (χ3v) is 4.52. The monoisotopic (exact) mass is 398 g/mol. The lowest BCUT2D eigenvalue weighted by atomic mass is 10.3. The summed E-state index contributed by atoms with van der Waals surface area (Å²) in [6, 6.07) is 14.2. The lowest BCUT2D eigenvalue weighted by Crippen LogP contribution is -2.18. The summed E-state index contributed by atoms with van der Waals surface area (Å²) in [7, 11) is 1.58. The SMILES string of the molecule is COc1ccc(NC(=O)CSCC(=O)Nc2cccc(-n3cnnn3)c2)cc1. The molecule has 0 bridgehead atoms. The van der Waals surface area contributed by atoms with Gasteiger partial charge in [-0.05, 0) is 52.9 Å². The molecule has 0 spiro atoms. The molecular formula is C18H18N6O3S. The maximum absolute atomic E-state index is 12.1. The number of thioether (sulfide) groups is 1. The van der Waals surface area contributed by atoms with Gasteiger partial charge in [-0.15, -0.1) is 16.9 Å². The molecule has 2 N–H and O–H groups in total. The molecule has 2 amide bonds. The maximum atomic E-state index is 12.1. The van der Waals surface area contributed by atoms with Crippen LogP contribution in [0.2, 0.25) is 0 Å². The van der Waals surface area contributed by atoms with E-state index < -0.39 is 0 Å². The van der Waals surface area contributed by atoms with Crippen molar-refractivity contribution in [3.05, 3.63) is 54.9 Å². The summed E-state index contributed by atoms with van der Waals surface area (Å²) in [5, 5.41) is 16.5. The molecular weight excluding hydrogens is 380 g/mol. The molecule has 2 aromatic carbocycles. The van der Waals surface area contributed by atoms with Gasteiger partial charge in [0.25, 0.3) is 0 Å². The summed E-state index contributed by atoms with van der Waals surface area (Å²) in [4.78, 5) is 24.1. The zero-order valence-electron chi connectivity index (χ0n) is 15.0. The number of methoxy groups -OCH3 is 1. The van der Waals surface area contributed by atoms with E-state index in [1.807, 2.05) is 6.07 Å². The Kier molecular flexibility index (Phi) is 6.58. The van der Waals surface area contributed by atoms with Crippen LogP contribution in [-0.4, -0.2) is 50.6 Å². The Balaban J connectivity index is 1.43. The van der Waals surface area contributed by atoms with Crippen LogP contribution in [-0.2, 0) is 9.59 Å². The Morgan fingerprint density at radius 1 is 1.04 bits per heavy atom. The Hall–Kier alpha value is -3.40. The fraction of sp³-hybridized carbons (Fsp3) is 0.167. The van der Waals surface area contributed by atoms with Crippen molar-refractivity contribution in [2.24, 2.45) is 0 Å². The fourth-order valence-electron chi connectivity index (χ4n) is 2.31. The molecule has 0 aliphatic carbocycles. The van der Waals surface area contributed by atoms with E-state index in [1.54, 1.807) is 49.6 Å². The van der Waals surface area contributed by atoms with Crippen LogP contribution in [0.4, 0.5) is 11.4 Å². The van der Waals surface area contributed by atoms with Crippen molar-refractivity contribution in [1.29, 1.82) is 0 Å². The van der Waals surface area contributed by atoms with Crippen LogP contribution >= 0.6 is 11.8 Å². The number of hydrogen-bond donors (Lipinski definition) is 2. The Morgan fingerprint density at radius 3 is 2.39 bits per heavy atom. The minimum atomic E-state index is -0.198. The first kappa shape index (κ1) is 19.4. The second-order valence-electron chi connectivity index (χ2n) is 5.62. The van der Waals surface area contributed by atoms with Crippen LogP contribution in [0.1, 0.15) is 0 Å². The molecule has 28 heavy (non-hydrogen) atoms. The van der Waals surface area contributed by atoms with Crippen LogP contribution in [0.5, 0.6) is 5.75 Å². The van der Waals surface area contributed by atoms with Crippen molar-refractivity contribution < 1.29 is 14.3 Å². The Labute approximate surface area is 165 Å². The topological polar surface area (TPSA) is 111 Å². The average Bonchev–Trinajstić information content (AvgIpc) is 3.24. The number of aromatic nitrogens is 4. The highest BCUT2D eigenvalue weighted by Crippen LogP contribution is 2.16. The molecule has 0 fully saturated rings. The van der Waals surface area contributed by atoms with Gasteiger partial charge in [-0.3, -0.25) is 9.59 Å². The van der Waals surface area contributed by atoms with Crippen LogP contribution in [0.3, 0.4) is 0 Å². The van der Waals surface area contributed by atoms with Crippen molar-refractivity contribution in [3.8, 4) is 11.4 Å². The van der Waals surface area contributed by atoms with Gasteiger partial charge in [0.15, 0.2) is 0 Å². The molecule has 144 valence electrons. The number of nitrogens with one attached hydrogen (secondary N) is 2. The third kappa shape index (κ3) is 5.55. The molecule has 3 rings (SSSR count). The lowest BCUT2D eigenvalue weighted by molar-refractivity contribution is -0.114.